The van der Waals surface area contributed by atoms with Crippen LogP contribution in [0.4, 0.5) is 0 Å². The molecule has 3 heteroatoms. The molecule has 3 nitrogen and oxygen atoms in total. The van der Waals surface area contributed by atoms with E-state index in [4.69, 9.17) is 10.5 Å². The molecule has 2 N–H and O–H groups in total. The first-order chi connectivity index (χ1) is 8.58. The second-order valence-electron chi connectivity index (χ2n) is 5.81. The summed E-state index contributed by atoms with van der Waals surface area (Å²) in [6, 6.07) is 8.33. The van der Waals surface area contributed by atoms with Gasteiger partial charge in [0.05, 0.1) is 12.5 Å². The molecule has 0 aromatic heterocycles. The van der Waals surface area contributed by atoms with Crippen LogP contribution in [0.25, 0.3) is 0 Å². The predicted molar refractivity (Wildman–Crippen MR) is 69.2 cm³/mol. The second-order valence-corrected chi connectivity index (χ2v) is 5.81. The van der Waals surface area contributed by atoms with E-state index in [0.29, 0.717) is 0 Å². The van der Waals surface area contributed by atoms with Crippen LogP contribution in [0.3, 0.4) is 0 Å². The average Bonchev–Trinajstić information content (AvgIpc) is 3.27. The molecule has 0 saturated heterocycles. The molecular formula is C15H19NO2. The Morgan fingerprint density at radius 1 is 1.22 bits per heavy atom. The van der Waals surface area contributed by atoms with E-state index >= 15 is 0 Å². The van der Waals surface area contributed by atoms with Gasteiger partial charge in [0, 0.05) is 5.54 Å². The van der Waals surface area contributed by atoms with E-state index in [-0.39, 0.29) is 16.9 Å². The Balaban J connectivity index is 1.77. The van der Waals surface area contributed by atoms with Crippen molar-refractivity contribution in [1.29, 1.82) is 0 Å². The van der Waals surface area contributed by atoms with Crippen molar-refractivity contribution < 1.29 is 9.53 Å². The molecule has 0 aliphatic heterocycles. The Labute approximate surface area is 107 Å². The van der Waals surface area contributed by atoms with Gasteiger partial charge >= 0.3 is 5.97 Å². The highest BCUT2D eigenvalue weighted by molar-refractivity contribution is 5.86. The van der Waals surface area contributed by atoms with Gasteiger partial charge in [0.1, 0.15) is 0 Å². The molecule has 2 saturated carbocycles. The number of methoxy groups -OCH3 is 1. The first-order valence-electron chi connectivity index (χ1n) is 6.55. The number of benzene rings is 1. The van der Waals surface area contributed by atoms with Crippen LogP contribution in [0.1, 0.15) is 36.8 Å². The number of esters is 1. The lowest BCUT2D eigenvalue weighted by Gasteiger charge is -2.14. The van der Waals surface area contributed by atoms with Crippen LogP contribution in [0.2, 0.25) is 0 Å². The van der Waals surface area contributed by atoms with E-state index in [0.717, 1.165) is 37.7 Å². The Morgan fingerprint density at radius 2 is 1.83 bits per heavy atom. The van der Waals surface area contributed by atoms with Crippen LogP contribution >= 0.6 is 0 Å². The van der Waals surface area contributed by atoms with Crippen molar-refractivity contribution in [1.82, 2.24) is 0 Å². The topological polar surface area (TPSA) is 52.3 Å². The SMILES string of the molecule is COC(=O)C1(c2ccc(CC3(N)CC3)cc2)CC1. The third-order valence-electron chi connectivity index (χ3n) is 4.28. The van der Waals surface area contributed by atoms with Gasteiger partial charge < -0.3 is 10.5 Å². The third-order valence-corrected chi connectivity index (χ3v) is 4.28. The predicted octanol–water partition coefficient (Wildman–Crippen LogP) is 1.93. The first kappa shape index (κ1) is 11.7. The number of carbonyl (C=O) groups is 1. The largest absolute Gasteiger partial charge is 0.468 e. The van der Waals surface area contributed by atoms with E-state index < -0.39 is 0 Å². The van der Waals surface area contributed by atoms with Crippen LogP contribution in [0, 0.1) is 0 Å². The minimum Gasteiger partial charge on any atom is -0.468 e. The minimum absolute atomic E-state index is 0.0428. The van der Waals surface area contributed by atoms with Crippen LogP contribution < -0.4 is 5.73 Å². The highest BCUT2D eigenvalue weighted by Crippen LogP contribution is 2.49. The van der Waals surface area contributed by atoms with Gasteiger partial charge in [-0.05, 0) is 43.2 Å². The summed E-state index contributed by atoms with van der Waals surface area (Å²) in [7, 11) is 1.46. The summed E-state index contributed by atoms with van der Waals surface area (Å²) in [6.45, 7) is 0. The lowest BCUT2D eigenvalue weighted by molar-refractivity contribution is -0.143. The lowest BCUT2D eigenvalue weighted by atomic mass is 9.94. The standard InChI is InChI=1S/C15H19NO2/c1-18-13(17)15(8-9-15)12-4-2-11(3-5-12)10-14(16)6-7-14/h2-5H,6-10,16H2,1H3. The molecule has 2 aliphatic carbocycles. The van der Waals surface area contributed by atoms with Crippen LogP contribution in [-0.4, -0.2) is 18.6 Å². The fourth-order valence-electron chi connectivity index (χ4n) is 2.62. The molecule has 0 amide bonds. The maximum atomic E-state index is 11.8. The molecule has 0 heterocycles. The molecule has 2 fully saturated rings. The van der Waals surface area contributed by atoms with Gasteiger partial charge in [0.2, 0.25) is 0 Å². The highest BCUT2D eigenvalue weighted by atomic mass is 16.5. The molecule has 18 heavy (non-hydrogen) atoms. The summed E-state index contributed by atoms with van der Waals surface area (Å²) in [5.74, 6) is -0.104. The Hall–Kier alpha value is -1.35. The van der Waals surface area contributed by atoms with E-state index in [1.165, 1.54) is 12.7 Å². The van der Waals surface area contributed by atoms with Gasteiger partial charge in [-0.15, -0.1) is 0 Å². The van der Waals surface area contributed by atoms with Gasteiger partial charge in [-0.2, -0.15) is 0 Å². The Bertz CT molecular complexity index is 470. The summed E-state index contributed by atoms with van der Waals surface area (Å²) in [4.78, 5) is 11.8. The average molecular weight is 245 g/mol. The number of hydrogen-bond acceptors (Lipinski definition) is 3. The number of nitrogens with two attached hydrogens (primary N) is 1. The van der Waals surface area contributed by atoms with E-state index in [9.17, 15) is 4.79 Å². The van der Waals surface area contributed by atoms with Crippen molar-refractivity contribution in [3.8, 4) is 0 Å². The van der Waals surface area contributed by atoms with Gasteiger partial charge in [0.25, 0.3) is 0 Å². The van der Waals surface area contributed by atoms with Crippen molar-refractivity contribution in [3.05, 3.63) is 35.4 Å². The second kappa shape index (κ2) is 3.82. The number of rotatable bonds is 4. The molecule has 0 unspecified atom stereocenters. The molecule has 0 bridgehead atoms. The number of carbonyl (C=O) groups excluding carboxylic acids is 1. The zero-order valence-electron chi connectivity index (χ0n) is 10.7. The first-order valence-corrected chi connectivity index (χ1v) is 6.55. The van der Waals surface area contributed by atoms with E-state index in [1.54, 1.807) is 0 Å². The normalized spacial score (nSPS) is 22.3. The molecule has 0 atom stereocenters. The van der Waals surface area contributed by atoms with Crippen molar-refractivity contribution in [3.63, 3.8) is 0 Å². The van der Waals surface area contributed by atoms with Gasteiger partial charge in [0.15, 0.2) is 0 Å². The molecule has 1 aromatic rings. The van der Waals surface area contributed by atoms with Crippen molar-refractivity contribution >= 4 is 5.97 Å². The van der Waals surface area contributed by atoms with Crippen molar-refractivity contribution in [2.45, 2.75) is 43.1 Å². The Kier molecular flexibility index (Phi) is 2.49. The summed E-state index contributed by atoms with van der Waals surface area (Å²) < 4.78 is 4.89. The smallest absolute Gasteiger partial charge is 0.316 e. The maximum absolute atomic E-state index is 11.8. The van der Waals surface area contributed by atoms with Gasteiger partial charge in [-0.3, -0.25) is 4.79 Å². The van der Waals surface area contributed by atoms with Crippen molar-refractivity contribution in [2.24, 2.45) is 5.73 Å². The lowest BCUT2D eigenvalue weighted by Crippen LogP contribution is -2.25. The molecule has 1 aromatic carbocycles. The Morgan fingerprint density at radius 3 is 2.28 bits per heavy atom. The summed E-state index contributed by atoms with van der Waals surface area (Å²) in [5, 5.41) is 0. The van der Waals surface area contributed by atoms with E-state index in [2.05, 4.69) is 24.3 Å². The molecule has 3 rings (SSSR count). The van der Waals surface area contributed by atoms with Gasteiger partial charge in [-0.25, -0.2) is 0 Å². The number of hydrogen-bond donors (Lipinski definition) is 1. The molecule has 96 valence electrons. The zero-order chi connectivity index (χ0) is 12.8. The molecular weight excluding hydrogens is 226 g/mol. The quantitative estimate of drug-likeness (QED) is 0.825. The molecule has 0 spiro atoms. The monoisotopic (exact) mass is 245 g/mol. The minimum atomic E-state index is -0.354. The molecule has 0 radical (unpaired) electrons. The molecule has 2 aliphatic rings. The summed E-state index contributed by atoms with van der Waals surface area (Å²) in [5.41, 5.74) is 8.15. The summed E-state index contributed by atoms with van der Waals surface area (Å²) >= 11 is 0. The number of ether oxygens (including phenoxy) is 1. The highest BCUT2D eigenvalue weighted by Gasteiger charge is 2.52. The van der Waals surface area contributed by atoms with Gasteiger partial charge in [-0.1, -0.05) is 24.3 Å². The summed E-state index contributed by atoms with van der Waals surface area (Å²) in [6.07, 6.45) is 5.00. The van der Waals surface area contributed by atoms with Crippen LogP contribution in [0.15, 0.2) is 24.3 Å². The van der Waals surface area contributed by atoms with Crippen LogP contribution in [0.5, 0.6) is 0 Å². The van der Waals surface area contributed by atoms with Crippen LogP contribution in [-0.2, 0) is 21.4 Å². The maximum Gasteiger partial charge on any atom is 0.316 e. The fraction of sp³-hybridized carbons (Fsp3) is 0.533. The van der Waals surface area contributed by atoms with Crippen molar-refractivity contribution in [2.75, 3.05) is 7.11 Å². The zero-order valence-corrected chi connectivity index (χ0v) is 10.7. The third kappa shape index (κ3) is 1.93. The fourth-order valence-corrected chi connectivity index (χ4v) is 2.62. The van der Waals surface area contributed by atoms with E-state index in [1.807, 2.05) is 0 Å².